The van der Waals surface area contributed by atoms with Gasteiger partial charge in [0, 0.05) is 31.2 Å². The lowest BCUT2D eigenvalue weighted by atomic mass is 9.80. The summed E-state index contributed by atoms with van der Waals surface area (Å²) in [6.45, 7) is 6.67. The van der Waals surface area contributed by atoms with Crippen LogP contribution in [0.5, 0.6) is 11.5 Å². The summed E-state index contributed by atoms with van der Waals surface area (Å²) in [4.78, 5) is 12.7. The first-order valence-corrected chi connectivity index (χ1v) is 8.19. The maximum absolute atomic E-state index is 11.4. The minimum Gasteiger partial charge on any atom is -0.507 e. The number of amides is 1. The number of hydrogen-bond acceptors (Lipinski definition) is 4. The third-order valence-electron chi connectivity index (χ3n) is 4.79. The van der Waals surface area contributed by atoms with Crippen molar-refractivity contribution in [3.05, 3.63) is 23.3 Å². The molecule has 0 aromatic heterocycles. The number of benzene rings is 1. The number of carboxylic acid groups (broad SMARTS) is 1. The number of carbonyl (C=O) groups is 1. The van der Waals surface area contributed by atoms with Gasteiger partial charge in [-0.3, -0.25) is 0 Å². The fourth-order valence-electron chi connectivity index (χ4n) is 3.54. The van der Waals surface area contributed by atoms with Gasteiger partial charge in [-0.15, -0.1) is 0 Å². The standard InChI is InChI=1S/C18H27NO5/c1-18(2,3)13-5-6-14(24-4)15(16(13)21)12-10-19(17(22)23)9-11(12)7-8-20/h5-6,11-12,20-21H,7-10H2,1-4H3,(H,22,23). The highest BCUT2D eigenvalue weighted by atomic mass is 16.5. The van der Waals surface area contributed by atoms with E-state index in [2.05, 4.69) is 0 Å². The number of hydrogen-bond donors (Lipinski definition) is 3. The Morgan fingerprint density at radius 1 is 1.33 bits per heavy atom. The Kier molecular flexibility index (Phi) is 5.28. The van der Waals surface area contributed by atoms with Gasteiger partial charge in [0.05, 0.1) is 7.11 Å². The number of nitrogens with zero attached hydrogens (tertiary/aromatic N) is 1. The fraction of sp³-hybridized carbons (Fsp3) is 0.611. The van der Waals surface area contributed by atoms with Crippen molar-refractivity contribution in [3.63, 3.8) is 0 Å². The van der Waals surface area contributed by atoms with Crippen molar-refractivity contribution >= 4 is 6.09 Å². The summed E-state index contributed by atoms with van der Waals surface area (Å²) in [5.41, 5.74) is 1.20. The minimum absolute atomic E-state index is 0.0172. The van der Waals surface area contributed by atoms with E-state index in [1.54, 1.807) is 7.11 Å². The normalized spacial score (nSPS) is 21.1. The van der Waals surface area contributed by atoms with E-state index in [1.807, 2.05) is 32.9 Å². The number of likely N-dealkylation sites (tertiary alicyclic amines) is 1. The number of ether oxygens (including phenoxy) is 1. The molecule has 0 radical (unpaired) electrons. The van der Waals surface area contributed by atoms with E-state index >= 15 is 0 Å². The molecule has 6 nitrogen and oxygen atoms in total. The summed E-state index contributed by atoms with van der Waals surface area (Å²) in [7, 11) is 1.54. The zero-order valence-electron chi connectivity index (χ0n) is 14.7. The molecule has 1 aromatic carbocycles. The van der Waals surface area contributed by atoms with Gasteiger partial charge in [0.1, 0.15) is 11.5 Å². The molecular formula is C18H27NO5. The number of aliphatic hydroxyl groups is 1. The Bertz CT molecular complexity index is 608. The van der Waals surface area contributed by atoms with Gasteiger partial charge in [0.25, 0.3) is 0 Å². The van der Waals surface area contributed by atoms with E-state index in [0.29, 0.717) is 24.3 Å². The first kappa shape index (κ1) is 18.4. The fourth-order valence-corrected chi connectivity index (χ4v) is 3.54. The third-order valence-corrected chi connectivity index (χ3v) is 4.79. The van der Waals surface area contributed by atoms with Gasteiger partial charge in [0.15, 0.2) is 0 Å². The van der Waals surface area contributed by atoms with Crippen molar-refractivity contribution in [3.8, 4) is 11.5 Å². The van der Waals surface area contributed by atoms with Gasteiger partial charge < -0.3 is 25.0 Å². The predicted molar refractivity (Wildman–Crippen MR) is 90.9 cm³/mol. The Balaban J connectivity index is 2.53. The molecule has 2 rings (SSSR count). The van der Waals surface area contributed by atoms with Gasteiger partial charge in [-0.05, 0) is 29.4 Å². The van der Waals surface area contributed by atoms with Crippen LogP contribution in [-0.4, -0.2) is 53.1 Å². The topological polar surface area (TPSA) is 90.2 Å². The van der Waals surface area contributed by atoms with Crippen molar-refractivity contribution < 1.29 is 24.9 Å². The molecule has 1 aliphatic rings. The lowest BCUT2D eigenvalue weighted by Gasteiger charge is -2.27. The highest BCUT2D eigenvalue weighted by molar-refractivity contribution is 5.66. The molecule has 6 heteroatoms. The summed E-state index contributed by atoms with van der Waals surface area (Å²) in [6.07, 6.45) is -0.498. The molecule has 0 spiro atoms. The summed E-state index contributed by atoms with van der Waals surface area (Å²) in [5, 5.41) is 29.5. The molecule has 24 heavy (non-hydrogen) atoms. The maximum atomic E-state index is 11.4. The van der Waals surface area contributed by atoms with Crippen molar-refractivity contribution in [2.24, 2.45) is 5.92 Å². The van der Waals surface area contributed by atoms with Crippen LogP contribution >= 0.6 is 0 Å². The second-order valence-corrected chi connectivity index (χ2v) is 7.39. The number of aliphatic hydroxyl groups excluding tert-OH is 1. The highest BCUT2D eigenvalue weighted by Crippen LogP contribution is 2.47. The van der Waals surface area contributed by atoms with Crippen LogP contribution in [0, 0.1) is 5.92 Å². The quantitative estimate of drug-likeness (QED) is 0.786. The predicted octanol–water partition coefficient (Wildman–Crippen LogP) is 2.77. The highest BCUT2D eigenvalue weighted by Gasteiger charge is 2.39. The van der Waals surface area contributed by atoms with Crippen molar-refractivity contribution in [1.29, 1.82) is 0 Å². The summed E-state index contributed by atoms with van der Waals surface area (Å²) in [5.74, 6) is 0.467. The minimum atomic E-state index is -0.981. The molecule has 1 aliphatic heterocycles. The number of rotatable bonds is 4. The monoisotopic (exact) mass is 337 g/mol. The molecule has 0 bridgehead atoms. The van der Waals surface area contributed by atoms with Crippen LogP contribution < -0.4 is 4.74 Å². The molecule has 0 saturated carbocycles. The van der Waals surface area contributed by atoms with Crippen LogP contribution in [0.2, 0.25) is 0 Å². The Labute approximate surface area is 142 Å². The molecule has 1 heterocycles. The smallest absolute Gasteiger partial charge is 0.407 e. The molecule has 2 unspecified atom stereocenters. The average Bonchev–Trinajstić information content (AvgIpc) is 2.89. The largest absolute Gasteiger partial charge is 0.507 e. The van der Waals surface area contributed by atoms with E-state index in [1.165, 1.54) is 4.90 Å². The van der Waals surface area contributed by atoms with Crippen molar-refractivity contribution in [2.45, 2.75) is 38.5 Å². The molecule has 1 fully saturated rings. The van der Waals surface area contributed by atoms with Crippen LogP contribution in [0.25, 0.3) is 0 Å². The van der Waals surface area contributed by atoms with E-state index < -0.39 is 6.09 Å². The van der Waals surface area contributed by atoms with E-state index in [4.69, 9.17) is 4.74 Å². The van der Waals surface area contributed by atoms with Crippen LogP contribution in [0.15, 0.2) is 12.1 Å². The number of aromatic hydroxyl groups is 1. The lowest BCUT2D eigenvalue weighted by molar-refractivity contribution is 0.152. The molecule has 2 atom stereocenters. The summed E-state index contributed by atoms with van der Waals surface area (Å²) >= 11 is 0. The molecule has 1 amide bonds. The van der Waals surface area contributed by atoms with Crippen LogP contribution in [0.1, 0.15) is 44.2 Å². The average molecular weight is 337 g/mol. The Morgan fingerprint density at radius 2 is 2.00 bits per heavy atom. The van der Waals surface area contributed by atoms with Crippen molar-refractivity contribution in [1.82, 2.24) is 4.90 Å². The third kappa shape index (κ3) is 3.43. The second-order valence-electron chi connectivity index (χ2n) is 7.39. The Hall–Kier alpha value is -1.95. The second kappa shape index (κ2) is 6.89. The zero-order chi connectivity index (χ0) is 18.1. The van der Waals surface area contributed by atoms with Gasteiger partial charge >= 0.3 is 6.09 Å². The van der Waals surface area contributed by atoms with E-state index in [0.717, 1.165) is 5.56 Å². The van der Waals surface area contributed by atoms with Crippen molar-refractivity contribution in [2.75, 3.05) is 26.8 Å². The first-order chi connectivity index (χ1) is 11.2. The lowest BCUT2D eigenvalue weighted by Crippen LogP contribution is -2.27. The summed E-state index contributed by atoms with van der Waals surface area (Å²) < 4.78 is 5.44. The first-order valence-electron chi connectivity index (χ1n) is 8.19. The number of methoxy groups -OCH3 is 1. The van der Waals surface area contributed by atoms with E-state index in [-0.39, 0.29) is 36.2 Å². The van der Waals surface area contributed by atoms with Crippen LogP contribution in [-0.2, 0) is 5.41 Å². The molecule has 1 saturated heterocycles. The summed E-state index contributed by atoms with van der Waals surface area (Å²) in [6, 6.07) is 3.68. The Morgan fingerprint density at radius 3 is 2.50 bits per heavy atom. The number of phenolic OH excluding ortho intramolecular Hbond substituents is 1. The van der Waals surface area contributed by atoms with Gasteiger partial charge in [-0.25, -0.2) is 4.79 Å². The van der Waals surface area contributed by atoms with Gasteiger partial charge in [-0.2, -0.15) is 0 Å². The maximum Gasteiger partial charge on any atom is 0.407 e. The SMILES string of the molecule is COc1ccc(C(C)(C)C)c(O)c1C1CN(C(=O)O)CC1CCO. The zero-order valence-corrected chi connectivity index (χ0v) is 14.7. The number of phenols is 1. The molecule has 1 aromatic rings. The molecule has 0 aliphatic carbocycles. The molecule has 3 N–H and O–H groups in total. The van der Waals surface area contributed by atoms with Crippen LogP contribution in [0.3, 0.4) is 0 Å². The molecular weight excluding hydrogens is 310 g/mol. The van der Waals surface area contributed by atoms with Gasteiger partial charge in [0.2, 0.25) is 0 Å². The van der Waals surface area contributed by atoms with E-state index in [9.17, 15) is 20.1 Å². The van der Waals surface area contributed by atoms with Crippen LogP contribution in [0.4, 0.5) is 4.79 Å². The molecule has 134 valence electrons. The van der Waals surface area contributed by atoms with Gasteiger partial charge in [-0.1, -0.05) is 26.8 Å².